The summed E-state index contributed by atoms with van der Waals surface area (Å²) in [6.45, 7) is 2.18. The first-order valence-corrected chi connectivity index (χ1v) is 15.4. The molecule has 0 saturated heterocycles. The topological polar surface area (TPSA) is 42.2 Å². The normalized spacial score (nSPS) is 16.8. The number of allylic oxidation sites excluding steroid dienone is 2. The van der Waals surface area contributed by atoms with Gasteiger partial charge in [-0.05, 0) is 59.5 Å². The van der Waals surface area contributed by atoms with Crippen molar-refractivity contribution in [2.45, 2.75) is 18.9 Å². The van der Waals surface area contributed by atoms with E-state index in [9.17, 15) is 0 Å². The number of hydrogen-bond donors (Lipinski definition) is 0. The zero-order chi connectivity index (χ0) is 29.9. The van der Waals surface area contributed by atoms with Crippen LogP contribution in [0, 0.1) is 6.92 Å². The van der Waals surface area contributed by atoms with E-state index >= 15 is 0 Å². The van der Waals surface area contributed by atoms with Crippen LogP contribution in [0.15, 0.2) is 150 Å². The van der Waals surface area contributed by atoms with E-state index in [0.717, 1.165) is 44.4 Å². The van der Waals surface area contributed by atoms with Gasteiger partial charge < -0.3 is 9.32 Å². The second kappa shape index (κ2) is 10.2. The number of furan rings is 1. The summed E-state index contributed by atoms with van der Waals surface area (Å²) in [4.78, 5) is 12.6. The molecule has 5 aromatic carbocycles. The van der Waals surface area contributed by atoms with Gasteiger partial charge in [0.25, 0.3) is 0 Å². The molecular weight excluding hydrogens is 550 g/mol. The molecule has 7 aromatic rings. The van der Waals surface area contributed by atoms with Crippen LogP contribution in [0.25, 0.3) is 55.8 Å². The van der Waals surface area contributed by atoms with Gasteiger partial charge in [-0.15, -0.1) is 0 Å². The summed E-state index contributed by atoms with van der Waals surface area (Å²) in [5.74, 6) is 1.03. The molecule has 0 radical (unpaired) electrons. The standard InChI is InChI=1S/C41H29N3O/c1-26-22-30(24-31(23-26)44-35-18-10-8-16-32(35)33-17-9-11-19-36(33)44)29-20-21-37-34(25-29)39-40(45-37)38(27-12-4-2-5-13-27)42-41(43-39)28-14-6-3-7-15-28/h2-25,32,35H,1H3. The van der Waals surface area contributed by atoms with Gasteiger partial charge in [0.1, 0.15) is 16.8 Å². The Hall–Kier alpha value is -5.74. The average Bonchev–Trinajstić information content (AvgIpc) is 3.64. The maximum Gasteiger partial charge on any atom is 0.180 e. The van der Waals surface area contributed by atoms with Gasteiger partial charge >= 0.3 is 0 Å². The molecule has 4 heteroatoms. The summed E-state index contributed by atoms with van der Waals surface area (Å²) in [5, 5.41) is 0.981. The third kappa shape index (κ3) is 4.21. The van der Waals surface area contributed by atoms with Crippen molar-refractivity contribution in [1.29, 1.82) is 0 Å². The molecule has 0 amide bonds. The van der Waals surface area contributed by atoms with Crippen molar-refractivity contribution in [2.75, 3.05) is 4.90 Å². The van der Waals surface area contributed by atoms with Gasteiger partial charge in [0, 0.05) is 33.8 Å². The van der Waals surface area contributed by atoms with E-state index in [0.29, 0.717) is 17.3 Å². The van der Waals surface area contributed by atoms with Crippen molar-refractivity contribution in [1.82, 2.24) is 9.97 Å². The third-order valence-electron chi connectivity index (χ3n) is 9.02. The van der Waals surface area contributed by atoms with Crippen LogP contribution in [-0.4, -0.2) is 16.0 Å². The van der Waals surface area contributed by atoms with Crippen molar-refractivity contribution in [3.05, 3.63) is 157 Å². The van der Waals surface area contributed by atoms with Crippen LogP contribution in [0.4, 0.5) is 11.4 Å². The van der Waals surface area contributed by atoms with Gasteiger partial charge in [0.2, 0.25) is 0 Å². The lowest BCUT2D eigenvalue weighted by Crippen LogP contribution is -2.28. The fourth-order valence-corrected chi connectivity index (χ4v) is 6.99. The highest BCUT2D eigenvalue weighted by molar-refractivity contribution is 6.08. The van der Waals surface area contributed by atoms with E-state index < -0.39 is 0 Å². The highest BCUT2D eigenvalue weighted by Gasteiger charge is 2.37. The number of nitrogens with zero attached hydrogens (tertiary/aromatic N) is 3. The molecule has 214 valence electrons. The largest absolute Gasteiger partial charge is 0.452 e. The Morgan fingerprint density at radius 3 is 2.24 bits per heavy atom. The van der Waals surface area contributed by atoms with Gasteiger partial charge in [-0.3, -0.25) is 0 Å². The summed E-state index contributed by atoms with van der Waals surface area (Å²) in [5.41, 5.74) is 12.5. The maximum atomic E-state index is 6.50. The summed E-state index contributed by atoms with van der Waals surface area (Å²) >= 11 is 0. The van der Waals surface area contributed by atoms with E-state index in [1.165, 1.54) is 22.5 Å². The molecule has 0 fully saturated rings. The summed E-state index contributed by atoms with van der Waals surface area (Å²) in [7, 11) is 0. The molecule has 0 saturated carbocycles. The molecule has 2 unspecified atom stereocenters. The SMILES string of the molecule is Cc1cc(-c2ccc3oc4c(-c5ccccc5)nc(-c5ccccc5)nc4c3c2)cc(N2c3ccccc3C3C=CC=CC32)c1. The van der Waals surface area contributed by atoms with Crippen molar-refractivity contribution in [3.63, 3.8) is 0 Å². The minimum Gasteiger partial charge on any atom is -0.452 e. The van der Waals surface area contributed by atoms with Crippen molar-refractivity contribution >= 4 is 33.4 Å². The number of rotatable bonds is 4. The fourth-order valence-electron chi connectivity index (χ4n) is 6.99. The minimum atomic E-state index is 0.256. The van der Waals surface area contributed by atoms with Gasteiger partial charge in [-0.25, -0.2) is 9.97 Å². The molecule has 0 spiro atoms. The second-order valence-corrected chi connectivity index (χ2v) is 11.9. The Morgan fingerprint density at radius 1 is 0.644 bits per heavy atom. The van der Waals surface area contributed by atoms with Gasteiger partial charge in [-0.1, -0.05) is 115 Å². The lowest BCUT2D eigenvalue weighted by atomic mass is 9.91. The second-order valence-electron chi connectivity index (χ2n) is 11.9. The van der Waals surface area contributed by atoms with Crippen LogP contribution in [0.2, 0.25) is 0 Å². The van der Waals surface area contributed by atoms with Crippen LogP contribution in [0.1, 0.15) is 17.0 Å². The van der Waals surface area contributed by atoms with Crippen LogP contribution < -0.4 is 4.90 Å². The summed E-state index contributed by atoms with van der Waals surface area (Å²) in [6.07, 6.45) is 8.99. The van der Waals surface area contributed by atoms with Crippen molar-refractivity contribution in [2.24, 2.45) is 0 Å². The number of benzene rings is 5. The molecule has 1 aliphatic heterocycles. The van der Waals surface area contributed by atoms with Gasteiger partial charge in [0.05, 0.1) is 6.04 Å². The van der Waals surface area contributed by atoms with E-state index in [1.807, 2.05) is 36.4 Å². The molecule has 0 bridgehead atoms. The predicted molar refractivity (Wildman–Crippen MR) is 184 cm³/mol. The Bertz CT molecular complexity index is 2300. The first kappa shape index (κ1) is 25.7. The molecule has 4 nitrogen and oxygen atoms in total. The molecule has 2 aromatic heterocycles. The molecule has 45 heavy (non-hydrogen) atoms. The van der Waals surface area contributed by atoms with Gasteiger partial charge in [-0.2, -0.15) is 0 Å². The Balaban J connectivity index is 1.21. The number of fused-ring (bicyclic) bond motifs is 6. The average molecular weight is 580 g/mol. The zero-order valence-electron chi connectivity index (χ0n) is 24.8. The first-order chi connectivity index (χ1) is 22.2. The smallest absolute Gasteiger partial charge is 0.180 e. The van der Waals surface area contributed by atoms with E-state index in [4.69, 9.17) is 14.4 Å². The number of hydrogen-bond acceptors (Lipinski definition) is 4. The van der Waals surface area contributed by atoms with Crippen molar-refractivity contribution in [3.8, 4) is 33.8 Å². The number of aryl methyl sites for hydroxylation is 1. The van der Waals surface area contributed by atoms with Crippen LogP contribution in [0.5, 0.6) is 0 Å². The Kier molecular flexibility index (Phi) is 5.82. The maximum absolute atomic E-state index is 6.50. The molecule has 9 rings (SSSR count). The molecular formula is C41H29N3O. The number of anilines is 2. The van der Waals surface area contributed by atoms with Crippen molar-refractivity contribution < 1.29 is 4.42 Å². The highest BCUT2D eigenvalue weighted by Crippen LogP contribution is 2.48. The number of para-hydroxylation sites is 1. The van der Waals surface area contributed by atoms with Crippen LogP contribution >= 0.6 is 0 Å². The predicted octanol–water partition coefficient (Wildman–Crippen LogP) is 10.4. The van der Waals surface area contributed by atoms with Crippen LogP contribution in [0.3, 0.4) is 0 Å². The zero-order valence-corrected chi connectivity index (χ0v) is 24.8. The summed E-state index contributed by atoms with van der Waals surface area (Å²) < 4.78 is 6.50. The van der Waals surface area contributed by atoms with Crippen LogP contribution in [-0.2, 0) is 0 Å². The molecule has 2 atom stereocenters. The quantitative estimate of drug-likeness (QED) is 0.208. The van der Waals surface area contributed by atoms with E-state index in [-0.39, 0.29) is 6.04 Å². The molecule has 3 heterocycles. The monoisotopic (exact) mass is 579 g/mol. The minimum absolute atomic E-state index is 0.256. The Labute approximate surface area is 261 Å². The fraction of sp³-hybridized carbons (Fsp3) is 0.0732. The molecule has 0 N–H and O–H groups in total. The molecule has 2 aliphatic rings. The highest BCUT2D eigenvalue weighted by atomic mass is 16.3. The number of aromatic nitrogens is 2. The van der Waals surface area contributed by atoms with E-state index in [1.54, 1.807) is 0 Å². The lowest BCUT2D eigenvalue weighted by Gasteiger charge is -2.29. The molecule has 1 aliphatic carbocycles. The van der Waals surface area contributed by atoms with Gasteiger partial charge in [0.15, 0.2) is 11.4 Å². The Morgan fingerprint density at radius 2 is 1.40 bits per heavy atom. The first-order valence-electron chi connectivity index (χ1n) is 15.4. The lowest BCUT2D eigenvalue weighted by molar-refractivity contribution is 0.667. The van der Waals surface area contributed by atoms with E-state index in [2.05, 4.69) is 121 Å². The summed E-state index contributed by atoms with van der Waals surface area (Å²) in [6, 6.07) is 42.8. The third-order valence-corrected chi connectivity index (χ3v) is 9.02.